The molecule has 0 bridgehead atoms. The molecule has 3 rings (SSSR count). The quantitative estimate of drug-likeness (QED) is 0.582. The molecule has 1 aliphatic rings. The lowest BCUT2D eigenvalue weighted by Crippen LogP contribution is -2.29. The minimum Gasteiger partial charge on any atom is -0.298 e. The van der Waals surface area contributed by atoms with Gasteiger partial charge in [-0.25, -0.2) is 13.1 Å². The van der Waals surface area contributed by atoms with E-state index < -0.39 is 10.0 Å². The number of nitrogens with one attached hydrogen (secondary N) is 4. The lowest BCUT2D eigenvalue weighted by Gasteiger charge is -2.09. The van der Waals surface area contributed by atoms with Gasteiger partial charge in [-0.1, -0.05) is 0 Å². The van der Waals surface area contributed by atoms with Crippen LogP contribution in [0.25, 0.3) is 0 Å². The number of hydrazine groups is 1. The minimum absolute atomic E-state index is 0.0662. The Morgan fingerprint density at radius 3 is 2.50 bits per heavy atom. The standard InChI is InChI=1S/C13H15N5O3S/c19-13(12-7-8-14-16-12)17-15-9-3-5-11(6-4-9)22(20,21)18-10-1-2-10/h3-8,10,15,18H,1-2H2,(H,14,16)(H,17,19). The van der Waals surface area contributed by atoms with Crippen molar-refractivity contribution in [2.45, 2.75) is 23.8 Å². The highest BCUT2D eigenvalue weighted by molar-refractivity contribution is 7.89. The van der Waals surface area contributed by atoms with Crippen LogP contribution in [0.1, 0.15) is 23.3 Å². The fraction of sp³-hybridized carbons (Fsp3) is 0.231. The van der Waals surface area contributed by atoms with Gasteiger partial charge >= 0.3 is 0 Å². The first kappa shape index (κ1) is 14.5. The number of carbonyl (C=O) groups excluding carboxylic acids is 1. The minimum atomic E-state index is -3.46. The van der Waals surface area contributed by atoms with E-state index in [4.69, 9.17) is 0 Å². The molecule has 8 nitrogen and oxygen atoms in total. The van der Waals surface area contributed by atoms with Gasteiger partial charge < -0.3 is 0 Å². The third-order valence-corrected chi connectivity index (χ3v) is 4.67. The van der Waals surface area contributed by atoms with Crippen LogP contribution in [0.4, 0.5) is 5.69 Å². The Balaban J connectivity index is 1.60. The number of rotatable bonds is 6. The molecule has 4 N–H and O–H groups in total. The first-order valence-corrected chi connectivity index (χ1v) is 8.21. The average Bonchev–Trinajstić information content (AvgIpc) is 3.14. The Morgan fingerprint density at radius 1 is 1.18 bits per heavy atom. The van der Waals surface area contributed by atoms with Gasteiger partial charge in [0.2, 0.25) is 10.0 Å². The number of nitrogens with zero attached hydrogens (tertiary/aromatic N) is 1. The van der Waals surface area contributed by atoms with Crippen LogP contribution in [0.15, 0.2) is 41.4 Å². The molecule has 9 heteroatoms. The summed E-state index contributed by atoms with van der Waals surface area (Å²) in [6.07, 6.45) is 3.25. The Morgan fingerprint density at radius 2 is 1.91 bits per heavy atom. The molecule has 0 atom stereocenters. The van der Waals surface area contributed by atoms with Gasteiger partial charge in [0.05, 0.1) is 10.6 Å². The Labute approximate surface area is 127 Å². The van der Waals surface area contributed by atoms with Gasteiger partial charge in [0.15, 0.2) is 0 Å². The SMILES string of the molecule is O=C(NNc1ccc(S(=O)(=O)NC2CC2)cc1)c1ccn[nH]1. The second-order valence-electron chi connectivity index (χ2n) is 4.97. The summed E-state index contributed by atoms with van der Waals surface area (Å²) in [7, 11) is -3.46. The van der Waals surface area contributed by atoms with Crippen LogP contribution in [0.2, 0.25) is 0 Å². The van der Waals surface area contributed by atoms with E-state index in [2.05, 4.69) is 25.8 Å². The van der Waals surface area contributed by atoms with Crippen molar-refractivity contribution in [3.63, 3.8) is 0 Å². The molecule has 1 fully saturated rings. The highest BCUT2D eigenvalue weighted by atomic mass is 32.2. The van der Waals surface area contributed by atoms with Crippen molar-refractivity contribution in [3.8, 4) is 0 Å². The van der Waals surface area contributed by atoms with E-state index in [1.165, 1.54) is 24.4 Å². The maximum Gasteiger partial charge on any atom is 0.287 e. The Bertz CT molecular complexity index is 751. The Kier molecular flexibility index (Phi) is 3.82. The van der Waals surface area contributed by atoms with Crippen molar-refractivity contribution in [2.24, 2.45) is 0 Å². The van der Waals surface area contributed by atoms with E-state index in [-0.39, 0.29) is 16.8 Å². The number of amides is 1. The summed E-state index contributed by atoms with van der Waals surface area (Å²) >= 11 is 0. The third-order valence-electron chi connectivity index (χ3n) is 3.13. The van der Waals surface area contributed by atoms with Crippen molar-refractivity contribution in [2.75, 3.05) is 5.43 Å². The molecular formula is C13H15N5O3S. The molecule has 1 amide bonds. The van der Waals surface area contributed by atoms with Gasteiger partial charge in [-0.3, -0.25) is 20.7 Å². The van der Waals surface area contributed by atoms with E-state index in [9.17, 15) is 13.2 Å². The molecule has 1 aliphatic carbocycles. The van der Waals surface area contributed by atoms with Gasteiger partial charge in [0, 0.05) is 12.2 Å². The molecule has 2 aromatic rings. The first-order chi connectivity index (χ1) is 10.5. The average molecular weight is 321 g/mol. The number of carbonyl (C=O) groups is 1. The van der Waals surface area contributed by atoms with Crippen LogP contribution in [-0.2, 0) is 10.0 Å². The third kappa shape index (κ3) is 3.43. The smallest absolute Gasteiger partial charge is 0.287 e. The van der Waals surface area contributed by atoms with Crippen molar-refractivity contribution in [1.29, 1.82) is 0 Å². The van der Waals surface area contributed by atoms with E-state index in [1.807, 2.05) is 0 Å². The van der Waals surface area contributed by atoms with E-state index >= 15 is 0 Å². The maximum atomic E-state index is 12.0. The molecule has 1 aromatic heterocycles. The largest absolute Gasteiger partial charge is 0.298 e. The molecule has 22 heavy (non-hydrogen) atoms. The highest BCUT2D eigenvalue weighted by Crippen LogP contribution is 2.22. The van der Waals surface area contributed by atoms with Gasteiger partial charge in [-0.15, -0.1) is 0 Å². The molecule has 0 spiro atoms. The second-order valence-corrected chi connectivity index (χ2v) is 6.68. The molecule has 0 aliphatic heterocycles. The van der Waals surface area contributed by atoms with Crippen LogP contribution in [0.3, 0.4) is 0 Å². The van der Waals surface area contributed by atoms with Crippen LogP contribution in [0, 0.1) is 0 Å². The summed E-state index contributed by atoms with van der Waals surface area (Å²) in [5, 5.41) is 6.21. The molecule has 1 heterocycles. The van der Waals surface area contributed by atoms with Gasteiger partial charge in [-0.2, -0.15) is 5.10 Å². The van der Waals surface area contributed by atoms with Crippen LogP contribution in [0.5, 0.6) is 0 Å². The summed E-state index contributed by atoms with van der Waals surface area (Å²) in [5.41, 5.74) is 6.07. The van der Waals surface area contributed by atoms with Gasteiger partial charge in [0.25, 0.3) is 5.91 Å². The number of hydrogen-bond donors (Lipinski definition) is 4. The topological polar surface area (TPSA) is 116 Å². The normalized spacial score (nSPS) is 14.5. The van der Waals surface area contributed by atoms with E-state index in [1.54, 1.807) is 12.1 Å². The fourth-order valence-corrected chi connectivity index (χ4v) is 3.09. The van der Waals surface area contributed by atoms with Crippen LogP contribution >= 0.6 is 0 Å². The molecule has 0 radical (unpaired) electrons. The molecule has 0 unspecified atom stereocenters. The monoisotopic (exact) mass is 321 g/mol. The van der Waals surface area contributed by atoms with Gasteiger partial charge in [0.1, 0.15) is 5.69 Å². The maximum absolute atomic E-state index is 12.0. The number of hydrogen-bond acceptors (Lipinski definition) is 5. The van der Waals surface area contributed by atoms with Crippen molar-refractivity contribution >= 4 is 21.6 Å². The lowest BCUT2D eigenvalue weighted by molar-refractivity contribution is 0.0957. The number of aromatic nitrogens is 2. The number of anilines is 1. The Hall–Kier alpha value is -2.39. The zero-order chi connectivity index (χ0) is 15.6. The van der Waals surface area contributed by atoms with Crippen molar-refractivity contribution < 1.29 is 13.2 Å². The number of H-pyrrole nitrogens is 1. The van der Waals surface area contributed by atoms with E-state index in [0.717, 1.165) is 12.8 Å². The second kappa shape index (κ2) is 5.78. The van der Waals surface area contributed by atoms with Crippen molar-refractivity contribution in [1.82, 2.24) is 20.3 Å². The predicted octanol–water partition coefficient (Wildman–Crippen LogP) is 0.607. The van der Waals surface area contributed by atoms with E-state index in [0.29, 0.717) is 11.4 Å². The summed E-state index contributed by atoms with van der Waals surface area (Å²) in [4.78, 5) is 11.9. The number of benzene rings is 1. The zero-order valence-corrected chi connectivity index (χ0v) is 12.4. The molecule has 0 saturated heterocycles. The number of aromatic amines is 1. The summed E-state index contributed by atoms with van der Waals surface area (Å²) < 4.78 is 26.6. The van der Waals surface area contributed by atoms with Crippen LogP contribution < -0.4 is 15.6 Å². The molecule has 1 saturated carbocycles. The predicted molar refractivity (Wildman–Crippen MR) is 79.5 cm³/mol. The van der Waals surface area contributed by atoms with Crippen molar-refractivity contribution in [3.05, 3.63) is 42.2 Å². The summed E-state index contributed by atoms with van der Waals surface area (Å²) in [6, 6.07) is 7.72. The lowest BCUT2D eigenvalue weighted by atomic mass is 10.3. The van der Waals surface area contributed by atoms with Gasteiger partial charge in [-0.05, 0) is 43.2 Å². The highest BCUT2D eigenvalue weighted by Gasteiger charge is 2.27. The van der Waals surface area contributed by atoms with Crippen LogP contribution in [-0.4, -0.2) is 30.6 Å². The fourth-order valence-electron chi connectivity index (χ4n) is 1.78. The summed E-state index contributed by atoms with van der Waals surface area (Å²) in [6.45, 7) is 0. The molecular weight excluding hydrogens is 306 g/mol. The number of sulfonamides is 1. The zero-order valence-electron chi connectivity index (χ0n) is 11.5. The molecule has 116 valence electrons. The summed E-state index contributed by atoms with van der Waals surface area (Å²) in [5.74, 6) is -0.371. The molecule has 1 aromatic carbocycles. The first-order valence-electron chi connectivity index (χ1n) is 6.73.